The smallest absolute Gasteiger partial charge is 0.123 e. The molecule has 0 radical (unpaired) electrons. The Bertz CT molecular complexity index is 629. The molecule has 0 saturated heterocycles. The standard InChI is InChI=1S/C26H42OS/c1-25(2,3)21-17-20(19-28-22-13-9-6-5-7-10-14-22)24(27)23(18-21)26(4)15-11-8-12-16-26/h17-18,22,27H,5-16,19H2,1-4H3. The molecule has 1 nitrogen and oxygen atoms in total. The number of hydrogen-bond donors (Lipinski definition) is 1. The first-order valence-electron chi connectivity index (χ1n) is 11.8. The van der Waals surface area contributed by atoms with Gasteiger partial charge in [-0.1, -0.05) is 91.2 Å². The van der Waals surface area contributed by atoms with Gasteiger partial charge in [-0.15, -0.1) is 0 Å². The van der Waals surface area contributed by atoms with Gasteiger partial charge in [-0.05, 0) is 42.1 Å². The molecule has 0 amide bonds. The maximum atomic E-state index is 11.3. The van der Waals surface area contributed by atoms with E-state index in [1.54, 1.807) is 0 Å². The van der Waals surface area contributed by atoms with Crippen LogP contribution in [0.25, 0.3) is 0 Å². The lowest BCUT2D eigenvalue weighted by atomic mass is 9.69. The third-order valence-corrected chi connectivity index (χ3v) is 8.61. The summed E-state index contributed by atoms with van der Waals surface area (Å²) in [4.78, 5) is 0. The molecule has 0 aromatic heterocycles. The monoisotopic (exact) mass is 402 g/mol. The normalized spacial score (nSPS) is 21.9. The number of hydrogen-bond acceptors (Lipinski definition) is 2. The van der Waals surface area contributed by atoms with Gasteiger partial charge in [0.15, 0.2) is 0 Å². The molecule has 158 valence electrons. The maximum Gasteiger partial charge on any atom is 0.123 e. The van der Waals surface area contributed by atoms with Crippen LogP contribution in [-0.4, -0.2) is 10.4 Å². The van der Waals surface area contributed by atoms with Crippen molar-refractivity contribution in [3.05, 3.63) is 28.8 Å². The summed E-state index contributed by atoms with van der Waals surface area (Å²) in [6.07, 6.45) is 16.1. The molecule has 0 heterocycles. The number of rotatable bonds is 4. The van der Waals surface area contributed by atoms with E-state index in [9.17, 15) is 5.11 Å². The molecule has 1 N–H and O–H groups in total. The van der Waals surface area contributed by atoms with Crippen molar-refractivity contribution in [2.24, 2.45) is 0 Å². The van der Waals surface area contributed by atoms with Gasteiger partial charge in [0, 0.05) is 22.1 Å². The number of thioether (sulfide) groups is 1. The fraction of sp³-hybridized carbons (Fsp3) is 0.769. The van der Waals surface area contributed by atoms with Crippen LogP contribution in [0.2, 0.25) is 0 Å². The second-order valence-corrected chi connectivity index (χ2v) is 12.0. The van der Waals surface area contributed by atoms with E-state index in [-0.39, 0.29) is 10.8 Å². The Morgan fingerprint density at radius 3 is 2.11 bits per heavy atom. The van der Waals surface area contributed by atoms with E-state index in [1.165, 1.54) is 93.7 Å². The lowest BCUT2D eigenvalue weighted by molar-refractivity contribution is 0.307. The van der Waals surface area contributed by atoms with Gasteiger partial charge < -0.3 is 5.11 Å². The van der Waals surface area contributed by atoms with Crippen molar-refractivity contribution in [3.8, 4) is 5.75 Å². The van der Waals surface area contributed by atoms with Crippen LogP contribution in [0, 0.1) is 0 Å². The molecule has 3 rings (SSSR count). The van der Waals surface area contributed by atoms with Gasteiger partial charge in [0.2, 0.25) is 0 Å². The molecule has 0 spiro atoms. The van der Waals surface area contributed by atoms with E-state index in [0.717, 1.165) is 11.0 Å². The van der Waals surface area contributed by atoms with Crippen molar-refractivity contribution in [2.75, 3.05) is 0 Å². The van der Waals surface area contributed by atoms with Gasteiger partial charge in [0.05, 0.1) is 0 Å². The molecule has 0 unspecified atom stereocenters. The second kappa shape index (κ2) is 9.45. The molecule has 28 heavy (non-hydrogen) atoms. The van der Waals surface area contributed by atoms with E-state index >= 15 is 0 Å². The molecule has 2 saturated carbocycles. The average molecular weight is 403 g/mol. The summed E-state index contributed by atoms with van der Waals surface area (Å²) in [5, 5.41) is 12.1. The largest absolute Gasteiger partial charge is 0.507 e. The third kappa shape index (κ3) is 5.49. The van der Waals surface area contributed by atoms with Crippen LogP contribution in [0.1, 0.15) is 121 Å². The highest BCUT2D eigenvalue weighted by Gasteiger charge is 2.33. The summed E-state index contributed by atoms with van der Waals surface area (Å²) < 4.78 is 0. The predicted octanol–water partition coefficient (Wildman–Crippen LogP) is 8.26. The van der Waals surface area contributed by atoms with Gasteiger partial charge in [0.1, 0.15) is 5.75 Å². The van der Waals surface area contributed by atoms with Crippen LogP contribution < -0.4 is 0 Å². The van der Waals surface area contributed by atoms with Gasteiger partial charge in [-0.2, -0.15) is 11.8 Å². The summed E-state index contributed by atoms with van der Waals surface area (Å²) in [7, 11) is 0. The molecule has 2 fully saturated rings. The number of aromatic hydroxyl groups is 1. The second-order valence-electron chi connectivity index (χ2n) is 10.7. The van der Waals surface area contributed by atoms with Gasteiger partial charge >= 0.3 is 0 Å². The molecule has 0 atom stereocenters. The van der Waals surface area contributed by atoms with Crippen LogP contribution >= 0.6 is 11.8 Å². The zero-order valence-corrected chi connectivity index (χ0v) is 19.6. The zero-order chi connectivity index (χ0) is 20.2. The highest BCUT2D eigenvalue weighted by molar-refractivity contribution is 7.99. The van der Waals surface area contributed by atoms with Gasteiger partial charge in [0.25, 0.3) is 0 Å². The Morgan fingerprint density at radius 1 is 0.929 bits per heavy atom. The minimum Gasteiger partial charge on any atom is -0.507 e. The summed E-state index contributed by atoms with van der Waals surface area (Å²) in [6, 6.07) is 4.64. The topological polar surface area (TPSA) is 20.2 Å². The molecule has 2 aliphatic carbocycles. The molecule has 0 bridgehead atoms. The molecular formula is C26H42OS. The van der Waals surface area contributed by atoms with E-state index in [0.29, 0.717) is 5.75 Å². The molecule has 0 aliphatic heterocycles. The Kier molecular flexibility index (Phi) is 7.45. The summed E-state index contributed by atoms with van der Waals surface area (Å²) in [5.74, 6) is 1.57. The summed E-state index contributed by atoms with van der Waals surface area (Å²) >= 11 is 2.10. The Morgan fingerprint density at radius 2 is 1.50 bits per heavy atom. The first kappa shape index (κ1) is 22.1. The SMILES string of the molecule is CC(C)(C)c1cc(CSC2CCCCCCC2)c(O)c(C2(C)CCCCC2)c1. The van der Waals surface area contributed by atoms with Crippen LogP contribution in [0.4, 0.5) is 0 Å². The molecule has 1 aromatic rings. The van der Waals surface area contributed by atoms with Crippen LogP contribution in [-0.2, 0) is 16.6 Å². The highest BCUT2D eigenvalue weighted by Crippen LogP contribution is 2.46. The van der Waals surface area contributed by atoms with Crippen molar-refractivity contribution in [1.82, 2.24) is 0 Å². The first-order chi connectivity index (χ1) is 13.3. The van der Waals surface area contributed by atoms with Gasteiger partial charge in [-0.25, -0.2) is 0 Å². The van der Waals surface area contributed by atoms with E-state index in [2.05, 4.69) is 51.6 Å². The fourth-order valence-electron chi connectivity index (χ4n) is 5.09. The van der Waals surface area contributed by atoms with E-state index in [1.807, 2.05) is 0 Å². The van der Waals surface area contributed by atoms with Gasteiger partial charge in [-0.3, -0.25) is 0 Å². The zero-order valence-electron chi connectivity index (χ0n) is 18.8. The van der Waals surface area contributed by atoms with Crippen molar-refractivity contribution in [3.63, 3.8) is 0 Å². The number of phenols is 1. The lowest BCUT2D eigenvalue weighted by Gasteiger charge is -2.36. The highest BCUT2D eigenvalue weighted by atomic mass is 32.2. The summed E-state index contributed by atoms with van der Waals surface area (Å²) in [5.41, 5.74) is 4.06. The molecule has 2 aliphatic rings. The van der Waals surface area contributed by atoms with Crippen molar-refractivity contribution in [2.45, 2.75) is 127 Å². The minimum absolute atomic E-state index is 0.118. The predicted molar refractivity (Wildman–Crippen MR) is 125 cm³/mol. The fourth-order valence-corrected chi connectivity index (χ4v) is 6.39. The van der Waals surface area contributed by atoms with Crippen molar-refractivity contribution < 1.29 is 5.11 Å². The average Bonchev–Trinajstić information content (AvgIpc) is 2.61. The van der Waals surface area contributed by atoms with E-state index < -0.39 is 0 Å². The maximum absolute atomic E-state index is 11.3. The van der Waals surface area contributed by atoms with Crippen molar-refractivity contribution >= 4 is 11.8 Å². The number of benzene rings is 1. The Labute approximate surface area is 178 Å². The Hall–Kier alpha value is -0.630. The quantitative estimate of drug-likeness (QED) is 0.547. The lowest BCUT2D eigenvalue weighted by Crippen LogP contribution is -2.26. The molecular weight excluding hydrogens is 360 g/mol. The van der Waals surface area contributed by atoms with E-state index in [4.69, 9.17) is 0 Å². The Balaban J connectivity index is 1.85. The first-order valence-corrected chi connectivity index (χ1v) is 12.8. The van der Waals surface area contributed by atoms with Crippen LogP contribution in [0.15, 0.2) is 12.1 Å². The molecule has 2 heteroatoms. The third-order valence-electron chi connectivity index (χ3n) is 7.19. The summed E-state index contributed by atoms with van der Waals surface area (Å²) in [6.45, 7) is 9.30. The minimum atomic E-state index is 0.118. The number of phenolic OH excluding ortho intramolecular Hbond substituents is 1. The molecule has 1 aromatic carbocycles. The van der Waals surface area contributed by atoms with Crippen LogP contribution in [0.3, 0.4) is 0 Å². The van der Waals surface area contributed by atoms with Crippen molar-refractivity contribution in [1.29, 1.82) is 0 Å². The van der Waals surface area contributed by atoms with Crippen LogP contribution in [0.5, 0.6) is 5.75 Å².